The van der Waals surface area contributed by atoms with Crippen LogP contribution in [-0.4, -0.2) is 33.0 Å². The molecule has 2 aromatic heterocycles. The van der Waals surface area contributed by atoms with E-state index >= 15 is 0 Å². The van der Waals surface area contributed by atoms with Crippen LogP contribution in [0.5, 0.6) is 0 Å². The topological polar surface area (TPSA) is 92.1 Å². The maximum atomic E-state index is 12.6. The summed E-state index contributed by atoms with van der Waals surface area (Å²) in [4.78, 5) is 33.3. The summed E-state index contributed by atoms with van der Waals surface area (Å²) in [6.45, 7) is 3.78. The molecule has 2 heterocycles. The van der Waals surface area contributed by atoms with Crippen molar-refractivity contribution in [3.8, 4) is 11.4 Å². The zero-order valence-electron chi connectivity index (χ0n) is 14.2. The van der Waals surface area contributed by atoms with Gasteiger partial charge in [0.25, 0.3) is 11.5 Å². The lowest BCUT2D eigenvalue weighted by atomic mass is 10.1. The molecule has 7 nitrogen and oxygen atoms in total. The van der Waals surface area contributed by atoms with Gasteiger partial charge in [-0.25, -0.2) is 4.98 Å². The minimum Gasteiger partial charge on any atom is -0.364 e. The average molecular weight is 338 g/mol. The summed E-state index contributed by atoms with van der Waals surface area (Å²) in [6.07, 6.45) is 2.75. The highest BCUT2D eigenvalue weighted by atomic mass is 16.5. The van der Waals surface area contributed by atoms with Gasteiger partial charge in [-0.3, -0.25) is 9.59 Å². The summed E-state index contributed by atoms with van der Waals surface area (Å²) in [5.41, 5.74) is 2.01. The van der Waals surface area contributed by atoms with Crippen LogP contribution < -0.4 is 5.56 Å². The van der Waals surface area contributed by atoms with Crippen LogP contribution >= 0.6 is 0 Å². The number of H-pyrrole nitrogens is 1. The molecule has 0 saturated heterocycles. The van der Waals surface area contributed by atoms with E-state index in [1.165, 1.54) is 17.4 Å². The van der Waals surface area contributed by atoms with E-state index in [0.29, 0.717) is 11.5 Å². The van der Waals surface area contributed by atoms with Crippen LogP contribution in [0.3, 0.4) is 0 Å². The molecule has 0 aliphatic heterocycles. The highest BCUT2D eigenvalue weighted by Gasteiger charge is 2.23. The summed E-state index contributed by atoms with van der Waals surface area (Å²) < 4.78 is 4.80. The van der Waals surface area contributed by atoms with Gasteiger partial charge in [0.1, 0.15) is 23.3 Å². The molecule has 3 rings (SSSR count). The van der Waals surface area contributed by atoms with Gasteiger partial charge in [-0.2, -0.15) is 0 Å². The SMILES string of the molecule is Cc1ccc(-c2ncc(C(=O)N(C)[C@@H](C)c3ccon3)c(=O)[nH]2)cc1. The first-order chi connectivity index (χ1) is 12.0. The molecule has 1 atom stereocenters. The second-order valence-electron chi connectivity index (χ2n) is 5.86. The number of benzene rings is 1. The Morgan fingerprint density at radius 1 is 1.24 bits per heavy atom. The minimum absolute atomic E-state index is 0.0197. The lowest BCUT2D eigenvalue weighted by Crippen LogP contribution is -2.34. The first kappa shape index (κ1) is 16.6. The predicted octanol–water partition coefficient (Wildman–Crippen LogP) is 2.57. The molecule has 0 bridgehead atoms. The highest BCUT2D eigenvalue weighted by Crippen LogP contribution is 2.18. The molecule has 1 N–H and O–H groups in total. The molecule has 0 radical (unpaired) electrons. The number of rotatable bonds is 4. The van der Waals surface area contributed by atoms with Gasteiger partial charge in [0.15, 0.2) is 0 Å². The number of nitrogens with one attached hydrogen (secondary N) is 1. The monoisotopic (exact) mass is 338 g/mol. The average Bonchev–Trinajstić information content (AvgIpc) is 3.15. The Kier molecular flexibility index (Phi) is 4.47. The summed E-state index contributed by atoms with van der Waals surface area (Å²) in [7, 11) is 1.61. The fourth-order valence-electron chi connectivity index (χ4n) is 2.41. The van der Waals surface area contributed by atoms with Gasteiger partial charge < -0.3 is 14.4 Å². The number of carbonyl (C=O) groups is 1. The zero-order valence-corrected chi connectivity index (χ0v) is 14.2. The third kappa shape index (κ3) is 3.35. The van der Waals surface area contributed by atoms with Gasteiger partial charge in [0.2, 0.25) is 0 Å². The second kappa shape index (κ2) is 6.72. The molecular formula is C18H18N4O3. The number of hydrogen-bond donors (Lipinski definition) is 1. The predicted molar refractivity (Wildman–Crippen MR) is 92.0 cm³/mol. The molecule has 1 amide bonds. The Balaban J connectivity index is 1.86. The molecule has 7 heteroatoms. The third-order valence-electron chi connectivity index (χ3n) is 4.14. The van der Waals surface area contributed by atoms with Crippen LogP contribution in [0.15, 0.2) is 52.1 Å². The maximum absolute atomic E-state index is 12.6. The molecule has 128 valence electrons. The number of amides is 1. The van der Waals surface area contributed by atoms with Gasteiger partial charge in [0, 0.05) is 24.9 Å². The fourth-order valence-corrected chi connectivity index (χ4v) is 2.41. The van der Waals surface area contributed by atoms with E-state index in [2.05, 4.69) is 15.1 Å². The Hall–Kier alpha value is -3.22. The molecule has 0 aliphatic carbocycles. The summed E-state index contributed by atoms with van der Waals surface area (Å²) in [5.74, 6) is -0.00606. The first-order valence-electron chi connectivity index (χ1n) is 7.81. The van der Waals surface area contributed by atoms with Crippen molar-refractivity contribution in [3.63, 3.8) is 0 Å². The minimum atomic E-state index is -0.477. The Bertz CT molecular complexity index is 930. The lowest BCUT2D eigenvalue weighted by molar-refractivity contribution is 0.0735. The van der Waals surface area contributed by atoms with Crippen LogP contribution in [-0.2, 0) is 0 Å². The van der Waals surface area contributed by atoms with E-state index in [0.717, 1.165) is 11.1 Å². The number of nitrogens with zero attached hydrogens (tertiary/aromatic N) is 3. The smallest absolute Gasteiger partial charge is 0.264 e. The van der Waals surface area contributed by atoms with E-state index in [9.17, 15) is 9.59 Å². The Morgan fingerprint density at radius 3 is 2.56 bits per heavy atom. The van der Waals surface area contributed by atoms with Crippen molar-refractivity contribution in [2.24, 2.45) is 0 Å². The van der Waals surface area contributed by atoms with Gasteiger partial charge in [-0.05, 0) is 13.8 Å². The van der Waals surface area contributed by atoms with Crippen molar-refractivity contribution in [2.45, 2.75) is 19.9 Å². The van der Waals surface area contributed by atoms with Crippen molar-refractivity contribution in [3.05, 3.63) is 70.0 Å². The van der Waals surface area contributed by atoms with Crippen LogP contribution in [0.1, 0.15) is 34.6 Å². The van der Waals surface area contributed by atoms with Crippen LogP contribution in [0, 0.1) is 6.92 Å². The summed E-state index contributed by atoms with van der Waals surface area (Å²) in [5, 5.41) is 3.83. The van der Waals surface area contributed by atoms with E-state index in [1.54, 1.807) is 20.0 Å². The first-order valence-corrected chi connectivity index (χ1v) is 7.81. The van der Waals surface area contributed by atoms with E-state index < -0.39 is 11.5 Å². The van der Waals surface area contributed by atoms with Crippen molar-refractivity contribution >= 4 is 5.91 Å². The molecule has 1 aromatic carbocycles. The molecule has 0 saturated carbocycles. The van der Waals surface area contributed by atoms with Gasteiger partial charge in [-0.1, -0.05) is 35.0 Å². The van der Waals surface area contributed by atoms with E-state index in [1.807, 2.05) is 31.2 Å². The number of hydrogen-bond acceptors (Lipinski definition) is 5. The largest absolute Gasteiger partial charge is 0.364 e. The second-order valence-corrected chi connectivity index (χ2v) is 5.86. The molecule has 0 fully saturated rings. The zero-order chi connectivity index (χ0) is 18.0. The van der Waals surface area contributed by atoms with Crippen LogP contribution in [0.25, 0.3) is 11.4 Å². The van der Waals surface area contributed by atoms with Crippen molar-refractivity contribution in [2.75, 3.05) is 7.05 Å². The quantitative estimate of drug-likeness (QED) is 0.789. The summed E-state index contributed by atoms with van der Waals surface area (Å²) in [6, 6.07) is 8.95. The van der Waals surface area contributed by atoms with Gasteiger partial charge >= 0.3 is 0 Å². The molecule has 0 aliphatic rings. The fraction of sp³-hybridized carbons (Fsp3) is 0.222. The molecule has 0 unspecified atom stereocenters. The van der Waals surface area contributed by atoms with Crippen molar-refractivity contribution in [1.82, 2.24) is 20.0 Å². The number of carbonyl (C=O) groups excluding carboxylic acids is 1. The highest BCUT2D eigenvalue weighted by molar-refractivity contribution is 5.93. The maximum Gasteiger partial charge on any atom is 0.264 e. The standard InChI is InChI=1S/C18H18N4O3/c1-11-4-6-13(7-5-11)16-19-10-14(17(23)20-16)18(24)22(3)12(2)15-8-9-25-21-15/h4-10,12H,1-3H3,(H,19,20,23)/t12-/m0/s1. The molecule has 0 spiro atoms. The third-order valence-corrected chi connectivity index (χ3v) is 4.14. The normalized spacial score (nSPS) is 12.0. The lowest BCUT2D eigenvalue weighted by Gasteiger charge is -2.22. The van der Waals surface area contributed by atoms with Crippen molar-refractivity contribution < 1.29 is 9.32 Å². The van der Waals surface area contributed by atoms with Gasteiger partial charge in [0.05, 0.1) is 6.04 Å². The molecule has 3 aromatic rings. The Morgan fingerprint density at radius 2 is 1.96 bits per heavy atom. The van der Waals surface area contributed by atoms with Gasteiger partial charge in [-0.15, -0.1) is 0 Å². The number of aromatic nitrogens is 3. The molecule has 25 heavy (non-hydrogen) atoms. The van der Waals surface area contributed by atoms with Crippen LogP contribution in [0.4, 0.5) is 0 Å². The van der Waals surface area contributed by atoms with Crippen molar-refractivity contribution in [1.29, 1.82) is 0 Å². The van der Waals surface area contributed by atoms with Crippen LogP contribution in [0.2, 0.25) is 0 Å². The Labute approximate surface area is 144 Å². The number of aromatic amines is 1. The summed E-state index contributed by atoms with van der Waals surface area (Å²) >= 11 is 0. The molecular weight excluding hydrogens is 320 g/mol. The number of aryl methyl sites for hydroxylation is 1. The van der Waals surface area contributed by atoms with E-state index in [-0.39, 0.29) is 11.6 Å². The van der Waals surface area contributed by atoms with E-state index in [4.69, 9.17) is 4.52 Å².